The zero-order valence-electron chi connectivity index (χ0n) is 20.9. The molecule has 0 radical (unpaired) electrons. The van der Waals surface area contributed by atoms with Crippen LogP contribution in [0.3, 0.4) is 0 Å². The van der Waals surface area contributed by atoms with Crippen LogP contribution in [-0.4, -0.2) is 30.1 Å². The SMILES string of the molecule is Cc1ccc2[nH]c(=O)c(CN(Cc3ccccc3)C(c3nnnn3C(C)(C)C)C(C)C)cc2c1. The van der Waals surface area contributed by atoms with Crippen molar-refractivity contribution in [2.75, 3.05) is 0 Å². The van der Waals surface area contributed by atoms with Crippen LogP contribution in [0.15, 0.2) is 59.4 Å². The topological polar surface area (TPSA) is 79.7 Å². The lowest BCUT2D eigenvalue weighted by Gasteiger charge is -2.35. The smallest absolute Gasteiger partial charge is 0.252 e. The molecule has 4 aromatic rings. The molecule has 4 rings (SSSR count). The minimum absolute atomic E-state index is 0.0627. The molecule has 0 saturated carbocycles. The van der Waals surface area contributed by atoms with Gasteiger partial charge in [0.25, 0.3) is 5.56 Å². The van der Waals surface area contributed by atoms with E-state index < -0.39 is 0 Å². The molecule has 0 aliphatic carbocycles. The number of hydrogen-bond acceptors (Lipinski definition) is 5. The number of tetrazole rings is 1. The second-order valence-corrected chi connectivity index (χ2v) is 10.4. The summed E-state index contributed by atoms with van der Waals surface area (Å²) in [5, 5.41) is 13.8. The van der Waals surface area contributed by atoms with Gasteiger partial charge in [-0.2, -0.15) is 0 Å². The van der Waals surface area contributed by atoms with Crippen LogP contribution in [0.2, 0.25) is 0 Å². The molecule has 2 heterocycles. The summed E-state index contributed by atoms with van der Waals surface area (Å²) in [7, 11) is 0. The van der Waals surface area contributed by atoms with Crippen LogP contribution in [0, 0.1) is 12.8 Å². The Bertz CT molecular complexity index is 1320. The summed E-state index contributed by atoms with van der Waals surface area (Å²) in [6, 6.07) is 18.4. The zero-order valence-corrected chi connectivity index (χ0v) is 20.9. The second kappa shape index (κ2) is 9.50. The first-order valence-corrected chi connectivity index (χ1v) is 11.8. The highest BCUT2D eigenvalue weighted by molar-refractivity contribution is 5.79. The van der Waals surface area contributed by atoms with E-state index >= 15 is 0 Å². The molecule has 2 aromatic heterocycles. The van der Waals surface area contributed by atoms with E-state index in [9.17, 15) is 4.79 Å². The van der Waals surface area contributed by atoms with Crippen molar-refractivity contribution in [2.24, 2.45) is 5.92 Å². The van der Waals surface area contributed by atoms with Gasteiger partial charge in [0.2, 0.25) is 0 Å². The number of rotatable bonds is 7. The molecular formula is C27H34N6O. The number of aromatic nitrogens is 5. The number of benzene rings is 2. The van der Waals surface area contributed by atoms with Crippen molar-refractivity contribution >= 4 is 10.9 Å². The largest absolute Gasteiger partial charge is 0.322 e. The molecule has 7 heteroatoms. The fraction of sp³-hybridized carbons (Fsp3) is 0.407. The molecule has 178 valence electrons. The Hall–Kier alpha value is -3.32. The van der Waals surface area contributed by atoms with Gasteiger partial charge in [-0.3, -0.25) is 9.69 Å². The lowest BCUT2D eigenvalue weighted by Crippen LogP contribution is -2.37. The molecular weight excluding hydrogens is 424 g/mol. The number of hydrogen-bond donors (Lipinski definition) is 1. The lowest BCUT2D eigenvalue weighted by molar-refractivity contribution is 0.120. The summed E-state index contributed by atoms with van der Waals surface area (Å²) in [5.74, 6) is 1.03. The average molecular weight is 459 g/mol. The van der Waals surface area contributed by atoms with Crippen molar-refractivity contribution in [2.45, 2.75) is 66.2 Å². The monoisotopic (exact) mass is 458 g/mol. The number of aryl methyl sites for hydroxylation is 1. The fourth-order valence-corrected chi connectivity index (χ4v) is 4.52. The van der Waals surface area contributed by atoms with Gasteiger partial charge in [0.15, 0.2) is 5.82 Å². The van der Waals surface area contributed by atoms with Gasteiger partial charge in [0, 0.05) is 24.2 Å². The number of nitrogens with one attached hydrogen (secondary N) is 1. The van der Waals surface area contributed by atoms with Crippen LogP contribution < -0.4 is 5.56 Å². The molecule has 1 atom stereocenters. The number of nitrogens with zero attached hydrogens (tertiary/aromatic N) is 5. The Morgan fingerprint density at radius 3 is 2.44 bits per heavy atom. The van der Waals surface area contributed by atoms with E-state index in [0.29, 0.717) is 13.1 Å². The molecule has 1 unspecified atom stereocenters. The number of fused-ring (bicyclic) bond motifs is 1. The van der Waals surface area contributed by atoms with Crippen molar-refractivity contribution in [3.63, 3.8) is 0 Å². The molecule has 2 aromatic carbocycles. The first-order chi connectivity index (χ1) is 16.1. The standard InChI is InChI=1S/C27H34N6O/c1-18(2)24(25-29-30-31-33(25)27(4,5)6)32(16-20-10-8-7-9-11-20)17-22-15-21-14-19(3)12-13-23(21)28-26(22)34/h7-15,18,24H,16-17H2,1-6H3,(H,28,34). The maximum Gasteiger partial charge on any atom is 0.252 e. The summed E-state index contributed by atoms with van der Waals surface area (Å²) in [5.41, 5.74) is 3.60. The summed E-state index contributed by atoms with van der Waals surface area (Å²) in [4.78, 5) is 18.5. The van der Waals surface area contributed by atoms with Crippen LogP contribution >= 0.6 is 0 Å². The number of aromatic amines is 1. The Morgan fingerprint density at radius 1 is 1.03 bits per heavy atom. The molecule has 0 aliphatic heterocycles. The van der Waals surface area contributed by atoms with E-state index in [2.05, 4.69) is 85.2 Å². The van der Waals surface area contributed by atoms with Gasteiger partial charge in [0.05, 0.1) is 11.6 Å². The molecule has 0 fully saturated rings. The summed E-state index contributed by atoms with van der Waals surface area (Å²) in [6.45, 7) is 13.9. The third-order valence-corrected chi connectivity index (χ3v) is 6.10. The van der Waals surface area contributed by atoms with Gasteiger partial charge in [-0.15, -0.1) is 5.10 Å². The minimum Gasteiger partial charge on any atom is -0.322 e. The lowest BCUT2D eigenvalue weighted by atomic mass is 9.98. The molecule has 1 N–H and O–H groups in total. The van der Waals surface area contributed by atoms with Crippen LogP contribution in [0.25, 0.3) is 10.9 Å². The van der Waals surface area contributed by atoms with Gasteiger partial charge >= 0.3 is 0 Å². The van der Waals surface area contributed by atoms with Crippen LogP contribution in [0.5, 0.6) is 0 Å². The number of pyridine rings is 1. The quantitative estimate of drug-likeness (QED) is 0.423. The van der Waals surface area contributed by atoms with Crippen molar-refractivity contribution in [3.05, 3.63) is 87.5 Å². The van der Waals surface area contributed by atoms with E-state index in [1.165, 1.54) is 5.56 Å². The van der Waals surface area contributed by atoms with Crippen LogP contribution in [0.4, 0.5) is 0 Å². The Kier molecular flexibility index (Phi) is 6.66. The van der Waals surface area contributed by atoms with Crippen molar-refractivity contribution in [1.82, 2.24) is 30.1 Å². The maximum atomic E-state index is 13.1. The molecule has 0 amide bonds. The highest BCUT2D eigenvalue weighted by atomic mass is 16.1. The fourth-order valence-electron chi connectivity index (χ4n) is 4.52. The molecule has 7 nitrogen and oxygen atoms in total. The van der Waals surface area contributed by atoms with Gasteiger partial charge in [-0.1, -0.05) is 55.8 Å². The van der Waals surface area contributed by atoms with E-state index in [1.54, 1.807) is 0 Å². The average Bonchev–Trinajstić information content (AvgIpc) is 3.25. The molecule has 34 heavy (non-hydrogen) atoms. The summed E-state index contributed by atoms with van der Waals surface area (Å²) in [6.07, 6.45) is 0. The highest BCUT2D eigenvalue weighted by Gasteiger charge is 2.32. The van der Waals surface area contributed by atoms with E-state index in [1.807, 2.05) is 41.1 Å². The van der Waals surface area contributed by atoms with Crippen LogP contribution in [0.1, 0.15) is 63.2 Å². The molecule has 0 bridgehead atoms. The van der Waals surface area contributed by atoms with E-state index in [4.69, 9.17) is 0 Å². The Morgan fingerprint density at radius 2 is 1.76 bits per heavy atom. The zero-order chi connectivity index (χ0) is 24.5. The Labute approximate surface area is 200 Å². The predicted molar refractivity (Wildman–Crippen MR) is 135 cm³/mol. The first-order valence-electron chi connectivity index (χ1n) is 11.8. The third-order valence-electron chi connectivity index (χ3n) is 6.10. The summed E-state index contributed by atoms with van der Waals surface area (Å²) < 4.78 is 1.91. The van der Waals surface area contributed by atoms with Crippen molar-refractivity contribution in [3.8, 4) is 0 Å². The first kappa shape index (κ1) is 23.8. The van der Waals surface area contributed by atoms with Gasteiger partial charge in [0.1, 0.15) is 0 Å². The maximum absolute atomic E-state index is 13.1. The van der Waals surface area contributed by atoms with E-state index in [0.717, 1.165) is 27.9 Å². The third kappa shape index (κ3) is 5.09. The predicted octanol–water partition coefficient (Wildman–Crippen LogP) is 4.98. The van der Waals surface area contributed by atoms with Gasteiger partial charge in [-0.05, 0) is 73.2 Å². The normalized spacial score (nSPS) is 13.2. The molecule has 0 spiro atoms. The molecule has 0 aliphatic rings. The Balaban J connectivity index is 1.81. The summed E-state index contributed by atoms with van der Waals surface area (Å²) >= 11 is 0. The highest BCUT2D eigenvalue weighted by Crippen LogP contribution is 2.32. The van der Waals surface area contributed by atoms with E-state index in [-0.39, 0.29) is 23.1 Å². The van der Waals surface area contributed by atoms with Gasteiger partial charge < -0.3 is 4.98 Å². The second-order valence-electron chi connectivity index (χ2n) is 10.4. The van der Waals surface area contributed by atoms with Crippen molar-refractivity contribution < 1.29 is 0 Å². The minimum atomic E-state index is -0.262. The number of H-pyrrole nitrogens is 1. The van der Waals surface area contributed by atoms with Crippen LogP contribution in [-0.2, 0) is 18.6 Å². The van der Waals surface area contributed by atoms with Gasteiger partial charge in [-0.25, -0.2) is 4.68 Å². The van der Waals surface area contributed by atoms with Crippen molar-refractivity contribution in [1.29, 1.82) is 0 Å². The molecule has 0 saturated heterocycles.